The van der Waals surface area contributed by atoms with Crippen molar-refractivity contribution in [1.29, 1.82) is 5.26 Å². The molecule has 224 valence electrons. The highest BCUT2D eigenvalue weighted by atomic mass is 35.5. The molecule has 3 aromatic rings. The molecule has 0 saturated heterocycles. The van der Waals surface area contributed by atoms with Crippen LogP contribution in [0.3, 0.4) is 0 Å². The van der Waals surface area contributed by atoms with Crippen LogP contribution < -0.4 is 16.0 Å². The van der Waals surface area contributed by atoms with Gasteiger partial charge in [-0.05, 0) is 55.5 Å². The van der Waals surface area contributed by atoms with E-state index in [9.17, 15) is 41.2 Å². The molecule has 15 heteroatoms. The van der Waals surface area contributed by atoms with E-state index in [2.05, 4.69) is 16.0 Å². The molecule has 7 nitrogen and oxygen atoms in total. The summed E-state index contributed by atoms with van der Waals surface area (Å²) in [5, 5.41) is 17.7. The lowest BCUT2D eigenvalue weighted by Crippen LogP contribution is -2.31. The van der Waals surface area contributed by atoms with Gasteiger partial charge in [0.25, 0.3) is 5.91 Å². The second kappa shape index (κ2) is 12.5. The molecule has 0 saturated carbocycles. The largest absolute Gasteiger partial charge is 0.468 e. The molecule has 0 aliphatic carbocycles. The highest BCUT2D eigenvalue weighted by molar-refractivity contribution is 8.03. The fourth-order valence-corrected chi connectivity index (χ4v) is 5.22. The van der Waals surface area contributed by atoms with Crippen LogP contribution in [0, 0.1) is 11.3 Å². The number of hydrogen-bond acceptors (Lipinski definition) is 6. The maximum atomic E-state index is 13.5. The quantitative estimate of drug-likeness (QED) is 0.229. The lowest BCUT2D eigenvalue weighted by molar-refractivity contribution is -0.138. The summed E-state index contributed by atoms with van der Waals surface area (Å²) in [4.78, 5) is 26.0. The third-order valence-electron chi connectivity index (χ3n) is 6.08. The van der Waals surface area contributed by atoms with Gasteiger partial charge in [0.15, 0.2) is 0 Å². The number of dihydropyridines is 1. The first-order chi connectivity index (χ1) is 20.2. The number of hydrogen-bond donors (Lipinski definition) is 3. The van der Waals surface area contributed by atoms with E-state index in [0.29, 0.717) is 6.07 Å². The van der Waals surface area contributed by atoms with Crippen molar-refractivity contribution in [3.8, 4) is 6.07 Å². The standard InChI is InChI=1S/C28H19ClF6N4O3S/c1-14-23(25(41)39-20-11-16(28(33,34)35)7-8-19(20)29)24(21-6-3-9-42-21)18(12-36)26(37-14)43-13-22(40)38-17-5-2-4-15(10-17)27(30,31)32/h2-11,24,37H,13H2,1H3,(H,38,40)(H,39,41)/t24-/m0/s1. The summed E-state index contributed by atoms with van der Waals surface area (Å²) in [7, 11) is 0. The molecule has 43 heavy (non-hydrogen) atoms. The summed E-state index contributed by atoms with van der Waals surface area (Å²) < 4.78 is 84.3. The van der Waals surface area contributed by atoms with Crippen molar-refractivity contribution in [3.05, 3.63) is 105 Å². The Balaban J connectivity index is 1.59. The molecular formula is C28H19ClF6N4O3S. The van der Waals surface area contributed by atoms with E-state index in [-0.39, 0.29) is 49.8 Å². The molecular weight excluding hydrogens is 622 g/mol. The van der Waals surface area contributed by atoms with E-state index in [1.807, 2.05) is 6.07 Å². The second-order valence-corrected chi connectivity index (χ2v) is 10.4. The molecule has 1 aromatic heterocycles. The lowest BCUT2D eigenvalue weighted by Gasteiger charge is -2.28. The number of nitrogens with one attached hydrogen (secondary N) is 3. The maximum Gasteiger partial charge on any atom is 0.416 e. The zero-order chi connectivity index (χ0) is 31.5. The van der Waals surface area contributed by atoms with Crippen LogP contribution in [0.15, 0.2) is 87.1 Å². The molecule has 0 unspecified atom stereocenters. The van der Waals surface area contributed by atoms with E-state index >= 15 is 0 Å². The average Bonchev–Trinajstić information content (AvgIpc) is 3.46. The van der Waals surface area contributed by atoms with E-state index in [1.165, 1.54) is 31.4 Å². The van der Waals surface area contributed by atoms with Gasteiger partial charge in [-0.2, -0.15) is 31.6 Å². The van der Waals surface area contributed by atoms with Gasteiger partial charge in [-0.3, -0.25) is 9.59 Å². The van der Waals surface area contributed by atoms with Crippen molar-refractivity contribution in [1.82, 2.24) is 5.32 Å². The summed E-state index contributed by atoms with van der Waals surface area (Å²) in [6.07, 6.45) is -8.00. The van der Waals surface area contributed by atoms with Crippen molar-refractivity contribution >= 4 is 46.6 Å². The summed E-state index contributed by atoms with van der Waals surface area (Å²) in [5.41, 5.74) is -2.28. The van der Waals surface area contributed by atoms with Crippen LogP contribution >= 0.6 is 23.4 Å². The Bertz CT molecular complexity index is 1660. The summed E-state index contributed by atoms with van der Waals surface area (Å²) in [5.74, 6) is -2.84. The highest BCUT2D eigenvalue weighted by Gasteiger charge is 2.37. The van der Waals surface area contributed by atoms with Gasteiger partial charge in [0.1, 0.15) is 5.76 Å². The topological polar surface area (TPSA) is 107 Å². The van der Waals surface area contributed by atoms with Crippen LogP contribution in [0.25, 0.3) is 0 Å². The fourth-order valence-electron chi connectivity index (χ4n) is 4.16. The Morgan fingerprint density at radius 3 is 2.35 bits per heavy atom. The zero-order valence-electron chi connectivity index (χ0n) is 21.8. The van der Waals surface area contributed by atoms with E-state index in [0.717, 1.165) is 42.1 Å². The molecule has 2 amide bonds. The minimum Gasteiger partial charge on any atom is -0.468 e. The van der Waals surface area contributed by atoms with Gasteiger partial charge in [0.2, 0.25) is 5.91 Å². The molecule has 0 spiro atoms. The first kappa shape index (κ1) is 31.6. The number of thioether (sulfide) groups is 1. The summed E-state index contributed by atoms with van der Waals surface area (Å²) in [6.45, 7) is 1.48. The Morgan fingerprint density at radius 2 is 1.72 bits per heavy atom. The van der Waals surface area contributed by atoms with Gasteiger partial charge in [-0.25, -0.2) is 0 Å². The number of carbonyl (C=O) groups is 2. The smallest absolute Gasteiger partial charge is 0.416 e. The van der Waals surface area contributed by atoms with Crippen LogP contribution in [0.2, 0.25) is 5.02 Å². The molecule has 4 rings (SSSR count). The molecule has 3 N–H and O–H groups in total. The first-order valence-corrected chi connectivity index (χ1v) is 13.5. The van der Waals surface area contributed by atoms with Gasteiger partial charge in [-0.15, -0.1) is 0 Å². The Kier molecular flexibility index (Phi) is 9.17. The molecule has 0 fully saturated rings. The van der Waals surface area contributed by atoms with Crippen LogP contribution in [-0.4, -0.2) is 17.6 Å². The maximum absolute atomic E-state index is 13.5. The lowest BCUT2D eigenvalue weighted by atomic mass is 9.85. The predicted molar refractivity (Wildman–Crippen MR) is 148 cm³/mol. The van der Waals surface area contributed by atoms with Crippen LogP contribution in [-0.2, 0) is 21.9 Å². The number of halogens is 7. The fraction of sp³-hybridized carbons (Fsp3) is 0.179. The molecule has 2 aromatic carbocycles. The minimum absolute atomic E-state index is 0.0438. The Hall–Kier alpha value is -4.35. The average molecular weight is 641 g/mol. The van der Waals surface area contributed by atoms with Crippen molar-refractivity contribution in [2.75, 3.05) is 16.4 Å². The minimum atomic E-state index is -4.70. The number of benzene rings is 2. The van der Waals surface area contributed by atoms with E-state index in [4.69, 9.17) is 16.0 Å². The van der Waals surface area contributed by atoms with E-state index in [1.54, 1.807) is 0 Å². The van der Waals surface area contributed by atoms with Gasteiger partial charge < -0.3 is 20.4 Å². The second-order valence-electron chi connectivity index (χ2n) is 9.03. The Morgan fingerprint density at radius 1 is 1.02 bits per heavy atom. The normalized spacial score (nSPS) is 15.6. The number of nitriles is 1. The highest BCUT2D eigenvalue weighted by Crippen LogP contribution is 2.42. The van der Waals surface area contributed by atoms with Crippen molar-refractivity contribution in [2.24, 2.45) is 0 Å². The number of alkyl halides is 6. The van der Waals surface area contributed by atoms with Crippen molar-refractivity contribution < 1.29 is 40.3 Å². The van der Waals surface area contributed by atoms with E-state index < -0.39 is 41.2 Å². The predicted octanol–water partition coefficient (Wildman–Crippen LogP) is 7.68. The SMILES string of the molecule is CC1=C(C(=O)Nc2cc(C(F)(F)F)ccc2Cl)[C@H](c2ccco2)C(C#N)=C(SCC(=O)Nc2cccc(C(F)(F)F)c2)N1. The molecule has 1 aliphatic rings. The summed E-state index contributed by atoms with van der Waals surface area (Å²) >= 11 is 6.90. The van der Waals surface area contributed by atoms with Crippen LogP contribution in [0.4, 0.5) is 37.7 Å². The molecule has 0 bridgehead atoms. The van der Waals surface area contributed by atoms with Crippen LogP contribution in [0.5, 0.6) is 0 Å². The van der Waals surface area contributed by atoms with Gasteiger partial charge in [-0.1, -0.05) is 29.4 Å². The molecule has 1 atom stereocenters. The first-order valence-electron chi connectivity index (χ1n) is 12.1. The van der Waals surface area contributed by atoms with Gasteiger partial charge in [0, 0.05) is 11.4 Å². The molecule has 1 aliphatic heterocycles. The Labute approximate surface area is 249 Å². The third-order valence-corrected chi connectivity index (χ3v) is 7.43. The number of allylic oxidation sites excluding steroid dienone is 2. The summed E-state index contributed by atoms with van der Waals surface area (Å²) in [6, 6.07) is 11.5. The number of rotatable bonds is 7. The monoisotopic (exact) mass is 640 g/mol. The molecule has 0 radical (unpaired) electrons. The van der Waals surface area contributed by atoms with Crippen molar-refractivity contribution in [2.45, 2.75) is 25.2 Å². The van der Waals surface area contributed by atoms with Gasteiger partial charge in [0.05, 0.1) is 62.0 Å². The van der Waals surface area contributed by atoms with Crippen LogP contribution in [0.1, 0.15) is 29.7 Å². The zero-order valence-corrected chi connectivity index (χ0v) is 23.4. The number of amides is 2. The number of carbonyl (C=O) groups excluding carboxylic acids is 2. The number of anilines is 2. The van der Waals surface area contributed by atoms with Crippen molar-refractivity contribution in [3.63, 3.8) is 0 Å². The number of furan rings is 1. The molecule has 2 heterocycles. The van der Waals surface area contributed by atoms with Gasteiger partial charge >= 0.3 is 12.4 Å². The third kappa shape index (κ3) is 7.36. The number of nitrogens with zero attached hydrogens (tertiary/aromatic N) is 1.